The Morgan fingerprint density at radius 3 is 2.68 bits per heavy atom. The van der Waals surface area contributed by atoms with E-state index in [0.29, 0.717) is 26.4 Å². The first-order valence-electron chi connectivity index (χ1n) is 10.8. The van der Waals surface area contributed by atoms with Gasteiger partial charge in [0, 0.05) is 31.8 Å². The average Bonchev–Trinajstić information content (AvgIpc) is 2.71. The maximum absolute atomic E-state index is 5.93. The molecule has 2 N–H and O–H groups in total. The van der Waals surface area contributed by atoms with E-state index in [1.165, 1.54) is 37.9 Å². The van der Waals surface area contributed by atoms with Gasteiger partial charge >= 0.3 is 0 Å². The lowest BCUT2D eigenvalue weighted by molar-refractivity contribution is 0.110. The zero-order valence-electron chi connectivity index (χ0n) is 17.9. The van der Waals surface area contributed by atoms with Gasteiger partial charge in [0.15, 0.2) is 5.96 Å². The van der Waals surface area contributed by atoms with Crippen LogP contribution in [-0.2, 0) is 11.3 Å². The first kappa shape index (κ1) is 22.5. The SMILES string of the molecule is CCNC(=NCc1ccc(C)cc1OCCOCC)NCCN1CCCCC1. The third kappa shape index (κ3) is 8.48. The van der Waals surface area contributed by atoms with Gasteiger partial charge in [0.2, 0.25) is 0 Å². The fraction of sp³-hybridized carbons (Fsp3) is 0.682. The molecule has 2 rings (SSSR count). The van der Waals surface area contributed by atoms with Crippen LogP contribution in [0.1, 0.15) is 44.2 Å². The molecule has 28 heavy (non-hydrogen) atoms. The lowest BCUT2D eigenvalue weighted by Crippen LogP contribution is -2.42. The summed E-state index contributed by atoms with van der Waals surface area (Å²) in [5.41, 5.74) is 2.28. The minimum atomic E-state index is 0.558. The van der Waals surface area contributed by atoms with Crippen molar-refractivity contribution in [2.75, 3.05) is 52.5 Å². The normalized spacial score (nSPS) is 15.5. The molecule has 1 heterocycles. The van der Waals surface area contributed by atoms with Crippen molar-refractivity contribution in [3.05, 3.63) is 29.3 Å². The van der Waals surface area contributed by atoms with Crippen LogP contribution in [-0.4, -0.2) is 63.4 Å². The highest BCUT2D eigenvalue weighted by Crippen LogP contribution is 2.21. The average molecular weight is 391 g/mol. The van der Waals surface area contributed by atoms with Gasteiger partial charge in [-0.05, 0) is 58.3 Å². The van der Waals surface area contributed by atoms with E-state index in [4.69, 9.17) is 14.5 Å². The van der Waals surface area contributed by atoms with Crippen molar-refractivity contribution in [2.24, 2.45) is 4.99 Å². The molecule has 1 aliphatic heterocycles. The Morgan fingerprint density at radius 2 is 1.93 bits per heavy atom. The van der Waals surface area contributed by atoms with E-state index in [0.717, 1.165) is 36.9 Å². The Morgan fingerprint density at radius 1 is 1.11 bits per heavy atom. The topological polar surface area (TPSA) is 58.1 Å². The summed E-state index contributed by atoms with van der Waals surface area (Å²) in [6.45, 7) is 13.9. The number of likely N-dealkylation sites (tertiary alicyclic amines) is 1. The molecule has 0 spiro atoms. The largest absolute Gasteiger partial charge is 0.491 e. The minimum absolute atomic E-state index is 0.558. The molecule has 1 aliphatic rings. The van der Waals surface area contributed by atoms with Gasteiger partial charge in [0.05, 0.1) is 13.2 Å². The van der Waals surface area contributed by atoms with Crippen LogP contribution in [0, 0.1) is 6.92 Å². The summed E-state index contributed by atoms with van der Waals surface area (Å²) in [5, 5.41) is 6.81. The number of nitrogens with zero attached hydrogens (tertiary/aromatic N) is 2. The molecule has 1 aromatic carbocycles. The molecule has 0 radical (unpaired) electrons. The summed E-state index contributed by atoms with van der Waals surface area (Å²) in [4.78, 5) is 7.30. The molecular formula is C22H38N4O2. The Labute approximate surface area is 170 Å². The molecule has 0 saturated carbocycles. The van der Waals surface area contributed by atoms with Crippen molar-refractivity contribution in [1.29, 1.82) is 0 Å². The van der Waals surface area contributed by atoms with E-state index in [9.17, 15) is 0 Å². The predicted octanol–water partition coefficient (Wildman–Crippen LogP) is 2.95. The Balaban J connectivity index is 1.89. The second-order valence-electron chi connectivity index (χ2n) is 7.18. The lowest BCUT2D eigenvalue weighted by atomic mass is 10.1. The summed E-state index contributed by atoms with van der Waals surface area (Å²) in [6.07, 6.45) is 4.03. The molecular weight excluding hydrogens is 352 g/mol. The van der Waals surface area contributed by atoms with Crippen LogP contribution in [0.3, 0.4) is 0 Å². The number of aryl methyl sites for hydroxylation is 1. The van der Waals surface area contributed by atoms with Crippen LogP contribution < -0.4 is 15.4 Å². The molecule has 0 aliphatic carbocycles. The highest BCUT2D eigenvalue weighted by atomic mass is 16.5. The number of hydrogen-bond donors (Lipinski definition) is 2. The molecule has 1 fully saturated rings. The number of benzene rings is 1. The summed E-state index contributed by atoms with van der Waals surface area (Å²) in [7, 11) is 0. The smallest absolute Gasteiger partial charge is 0.191 e. The van der Waals surface area contributed by atoms with E-state index < -0.39 is 0 Å². The molecule has 0 atom stereocenters. The van der Waals surface area contributed by atoms with E-state index in [2.05, 4.69) is 47.6 Å². The Bertz CT molecular complexity index is 586. The van der Waals surface area contributed by atoms with Crippen molar-refractivity contribution >= 4 is 5.96 Å². The van der Waals surface area contributed by atoms with Crippen LogP contribution in [0.15, 0.2) is 23.2 Å². The quantitative estimate of drug-likeness (QED) is 0.346. The van der Waals surface area contributed by atoms with Crippen LogP contribution in [0.2, 0.25) is 0 Å². The number of aliphatic imine (C=N–C) groups is 1. The molecule has 6 heteroatoms. The number of rotatable bonds is 11. The van der Waals surface area contributed by atoms with Gasteiger partial charge in [0.1, 0.15) is 12.4 Å². The number of ether oxygens (including phenoxy) is 2. The summed E-state index contributed by atoms with van der Waals surface area (Å²) < 4.78 is 11.3. The fourth-order valence-corrected chi connectivity index (χ4v) is 3.30. The molecule has 0 aromatic heterocycles. The van der Waals surface area contributed by atoms with Crippen LogP contribution in [0.25, 0.3) is 0 Å². The molecule has 158 valence electrons. The molecule has 0 bridgehead atoms. The zero-order chi connectivity index (χ0) is 20.0. The van der Waals surface area contributed by atoms with Crippen LogP contribution in [0.5, 0.6) is 5.75 Å². The maximum Gasteiger partial charge on any atom is 0.191 e. The monoisotopic (exact) mass is 390 g/mol. The maximum atomic E-state index is 5.93. The second-order valence-corrected chi connectivity index (χ2v) is 7.18. The number of piperidine rings is 1. The standard InChI is InChI=1S/C22H38N4O2/c1-4-23-22(24-11-14-26-12-7-6-8-13-26)25-18-20-10-9-19(3)17-21(20)28-16-15-27-5-2/h9-10,17H,4-8,11-16,18H2,1-3H3,(H2,23,24,25). The molecule has 1 aromatic rings. The Hall–Kier alpha value is -1.79. The van der Waals surface area contributed by atoms with Crippen molar-refractivity contribution < 1.29 is 9.47 Å². The van der Waals surface area contributed by atoms with Gasteiger partial charge in [-0.2, -0.15) is 0 Å². The van der Waals surface area contributed by atoms with E-state index in [1.807, 2.05) is 6.92 Å². The first-order chi connectivity index (χ1) is 13.7. The molecule has 0 amide bonds. The van der Waals surface area contributed by atoms with Crippen LogP contribution >= 0.6 is 0 Å². The number of hydrogen-bond acceptors (Lipinski definition) is 4. The van der Waals surface area contributed by atoms with Gasteiger partial charge < -0.3 is 25.0 Å². The number of nitrogens with one attached hydrogen (secondary N) is 2. The van der Waals surface area contributed by atoms with Crippen molar-refractivity contribution in [2.45, 2.75) is 46.6 Å². The van der Waals surface area contributed by atoms with Crippen LogP contribution in [0.4, 0.5) is 0 Å². The second kappa shape index (κ2) is 13.4. The molecule has 1 saturated heterocycles. The summed E-state index contributed by atoms with van der Waals surface area (Å²) in [6, 6.07) is 6.29. The fourth-order valence-electron chi connectivity index (χ4n) is 3.30. The number of guanidine groups is 1. The van der Waals surface area contributed by atoms with E-state index in [-0.39, 0.29) is 0 Å². The lowest BCUT2D eigenvalue weighted by Gasteiger charge is -2.26. The molecule has 0 unspecified atom stereocenters. The first-order valence-corrected chi connectivity index (χ1v) is 10.8. The highest BCUT2D eigenvalue weighted by Gasteiger charge is 2.10. The van der Waals surface area contributed by atoms with Gasteiger partial charge in [-0.15, -0.1) is 0 Å². The summed E-state index contributed by atoms with van der Waals surface area (Å²) >= 11 is 0. The van der Waals surface area contributed by atoms with Crippen molar-refractivity contribution in [3.8, 4) is 5.75 Å². The predicted molar refractivity (Wildman–Crippen MR) is 116 cm³/mol. The highest BCUT2D eigenvalue weighted by molar-refractivity contribution is 5.79. The van der Waals surface area contributed by atoms with Gasteiger partial charge in [-0.3, -0.25) is 0 Å². The Kier molecular flexibility index (Phi) is 10.8. The van der Waals surface area contributed by atoms with Gasteiger partial charge in [-0.1, -0.05) is 18.6 Å². The zero-order valence-corrected chi connectivity index (χ0v) is 17.9. The third-order valence-electron chi connectivity index (χ3n) is 4.83. The van der Waals surface area contributed by atoms with E-state index >= 15 is 0 Å². The third-order valence-corrected chi connectivity index (χ3v) is 4.83. The van der Waals surface area contributed by atoms with Gasteiger partial charge in [-0.25, -0.2) is 4.99 Å². The minimum Gasteiger partial charge on any atom is -0.491 e. The van der Waals surface area contributed by atoms with Gasteiger partial charge in [0.25, 0.3) is 0 Å². The molecule has 6 nitrogen and oxygen atoms in total. The van der Waals surface area contributed by atoms with Crippen molar-refractivity contribution in [3.63, 3.8) is 0 Å². The summed E-state index contributed by atoms with van der Waals surface area (Å²) in [5.74, 6) is 1.76. The van der Waals surface area contributed by atoms with E-state index in [1.54, 1.807) is 0 Å². The van der Waals surface area contributed by atoms with Crippen molar-refractivity contribution in [1.82, 2.24) is 15.5 Å².